The van der Waals surface area contributed by atoms with E-state index in [-0.39, 0.29) is 16.8 Å². The number of ether oxygens (including phenoxy) is 1. The van der Waals surface area contributed by atoms with Crippen LogP contribution in [-0.4, -0.2) is 75.7 Å². The predicted molar refractivity (Wildman–Crippen MR) is 149 cm³/mol. The second kappa shape index (κ2) is 10.3. The molecule has 2 aromatic carbocycles. The normalized spacial score (nSPS) is 13.8. The monoisotopic (exact) mass is 544 g/mol. The molecular formula is C28H28N6O6. The van der Waals surface area contributed by atoms with Gasteiger partial charge in [0.25, 0.3) is 17.5 Å². The molecule has 0 bridgehead atoms. The van der Waals surface area contributed by atoms with E-state index < -0.39 is 29.6 Å². The Morgan fingerprint density at radius 2 is 1.55 bits per heavy atom. The summed E-state index contributed by atoms with van der Waals surface area (Å²) < 4.78 is 8.80. The van der Waals surface area contributed by atoms with E-state index in [1.807, 2.05) is 54.9 Å². The Bertz CT molecular complexity index is 1730. The number of nitrogens with zero attached hydrogens (tertiary/aromatic N) is 5. The molecule has 0 saturated heterocycles. The van der Waals surface area contributed by atoms with Crippen LogP contribution >= 0.6 is 0 Å². The van der Waals surface area contributed by atoms with Gasteiger partial charge in [-0.1, -0.05) is 18.2 Å². The van der Waals surface area contributed by atoms with E-state index in [9.17, 15) is 24.5 Å². The number of amides is 3. The number of nitro groups is 1. The Labute approximate surface area is 229 Å². The highest BCUT2D eigenvalue weighted by molar-refractivity contribution is 6.50. The van der Waals surface area contributed by atoms with E-state index in [4.69, 9.17) is 4.74 Å². The molecule has 40 heavy (non-hydrogen) atoms. The molecule has 12 heteroatoms. The molecule has 3 amide bonds. The van der Waals surface area contributed by atoms with Gasteiger partial charge in [0.1, 0.15) is 0 Å². The number of rotatable bonds is 8. The maximum atomic E-state index is 13.9. The van der Waals surface area contributed by atoms with E-state index in [0.29, 0.717) is 35.1 Å². The van der Waals surface area contributed by atoms with Gasteiger partial charge < -0.3 is 24.1 Å². The van der Waals surface area contributed by atoms with Gasteiger partial charge in [0, 0.05) is 79.1 Å². The van der Waals surface area contributed by atoms with Crippen LogP contribution in [0.25, 0.3) is 33.0 Å². The number of alkyl carbamates (subject to hydrolysis) is 1. The number of nitro benzene ring substituents is 1. The number of benzene rings is 2. The number of hydrogen-bond acceptors (Lipinski definition) is 7. The van der Waals surface area contributed by atoms with Crippen molar-refractivity contribution in [2.45, 2.75) is 0 Å². The Balaban J connectivity index is 1.60. The van der Waals surface area contributed by atoms with Crippen molar-refractivity contribution < 1.29 is 24.0 Å². The molecule has 1 aliphatic rings. The molecule has 0 atom stereocenters. The van der Waals surface area contributed by atoms with Gasteiger partial charge >= 0.3 is 6.09 Å². The van der Waals surface area contributed by atoms with Gasteiger partial charge in [0.15, 0.2) is 6.73 Å². The number of para-hydroxylation sites is 1. The molecule has 0 saturated carbocycles. The van der Waals surface area contributed by atoms with Crippen LogP contribution in [0.1, 0.15) is 11.1 Å². The SMILES string of the molecule is CN(C)CCNC(=O)OCN1C(=O)C(c2cn(C)c3ccccc23)=C(c2cn(C)c3cc([N+](=O)[O-])ccc23)C1=O. The van der Waals surface area contributed by atoms with Gasteiger partial charge in [-0.05, 0) is 26.2 Å². The van der Waals surface area contributed by atoms with Crippen LogP contribution < -0.4 is 5.32 Å². The molecule has 4 aromatic rings. The zero-order valence-electron chi connectivity index (χ0n) is 22.5. The van der Waals surface area contributed by atoms with Crippen molar-refractivity contribution in [1.82, 2.24) is 24.3 Å². The number of carbonyl (C=O) groups excluding carboxylic acids is 3. The lowest BCUT2D eigenvalue weighted by Gasteiger charge is -2.16. The quantitative estimate of drug-likeness (QED) is 0.205. The van der Waals surface area contributed by atoms with E-state index in [1.165, 1.54) is 12.1 Å². The molecule has 5 rings (SSSR count). The van der Waals surface area contributed by atoms with Gasteiger partial charge in [-0.25, -0.2) is 9.69 Å². The third kappa shape index (κ3) is 4.58. The highest BCUT2D eigenvalue weighted by Crippen LogP contribution is 2.41. The topological polar surface area (TPSA) is 132 Å². The predicted octanol–water partition coefficient (Wildman–Crippen LogP) is 3.10. The fourth-order valence-electron chi connectivity index (χ4n) is 4.97. The summed E-state index contributed by atoms with van der Waals surface area (Å²) in [4.78, 5) is 53.7. The third-order valence-electron chi connectivity index (χ3n) is 6.94. The summed E-state index contributed by atoms with van der Waals surface area (Å²) in [5.74, 6) is -1.23. The van der Waals surface area contributed by atoms with Crippen molar-refractivity contribution in [2.24, 2.45) is 14.1 Å². The van der Waals surface area contributed by atoms with Gasteiger partial charge in [-0.2, -0.15) is 0 Å². The molecule has 2 aromatic heterocycles. The lowest BCUT2D eigenvalue weighted by molar-refractivity contribution is -0.384. The average molecular weight is 545 g/mol. The lowest BCUT2D eigenvalue weighted by Crippen LogP contribution is -2.38. The van der Waals surface area contributed by atoms with E-state index in [2.05, 4.69) is 5.32 Å². The minimum Gasteiger partial charge on any atom is -0.428 e. The van der Waals surface area contributed by atoms with Gasteiger partial charge in [0.2, 0.25) is 0 Å². The molecular weight excluding hydrogens is 516 g/mol. The third-order valence-corrected chi connectivity index (χ3v) is 6.94. The average Bonchev–Trinajstić information content (AvgIpc) is 3.50. The summed E-state index contributed by atoms with van der Waals surface area (Å²) in [6.45, 7) is 0.354. The molecule has 1 aliphatic heterocycles. The Morgan fingerprint density at radius 3 is 2.17 bits per heavy atom. The fraction of sp³-hybridized carbons (Fsp3) is 0.250. The number of aryl methyl sites for hydroxylation is 2. The summed E-state index contributed by atoms with van der Waals surface area (Å²) >= 11 is 0. The summed E-state index contributed by atoms with van der Waals surface area (Å²) in [5, 5.41) is 15.3. The van der Waals surface area contributed by atoms with Crippen LogP contribution in [0, 0.1) is 10.1 Å². The first-order chi connectivity index (χ1) is 19.1. The van der Waals surface area contributed by atoms with Crippen LogP contribution in [0.4, 0.5) is 10.5 Å². The van der Waals surface area contributed by atoms with Crippen LogP contribution in [0.2, 0.25) is 0 Å². The Kier molecular flexibility index (Phi) is 6.86. The highest BCUT2D eigenvalue weighted by Gasteiger charge is 2.42. The first kappa shape index (κ1) is 26.6. The van der Waals surface area contributed by atoms with E-state index >= 15 is 0 Å². The second-order valence-electron chi connectivity index (χ2n) is 9.86. The Hall–Kier alpha value is -4.97. The number of nitrogens with one attached hydrogen (secondary N) is 1. The second-order valence-corrected chi connectivity index (χ2v) is 9.86. The molecule has 1 N–H and O–H groups in total. The zero-order chi connectivity index (χ0) is 28.7. The lowest BCUT2D eigenvalue weighted by atomic mass is 9.95. The first-order valence-electron chi connectivity index (χ1n) is 12.5. The number of imide groups is 1. The van der Waals surface area contributed by atoms with E-state index in [0.717, 1.165) is 15.8 Å². The molecule has 12 nitrogen and oxygen atoms in total. The van der Waals surface area contributed by atoms with Crippen molar-refractivity contribution in [2.75, 3.05) is 33.9 Å². The van der Waals surface area contributed by atoms with Crippen LogP contribution in [0.5, 0.6) is 0 Å². The van der Waals surface area contributed by atoms with Crippen LogP contribution in [-0.2, 0) is 28.4 Å². The maximum absolute atomic E-state index is 13.9. The molecule has 0 unspecified atom stereocenters. The zero-order valence-corrected chi connectivity index (χ0v) is 22.5. The van der Waals surface area contributed by atoms with Crippen molar-refractivity contribution >= 4 is 56.5 Å². The summed E-state index contributed by atoms with van der Waals surface area (Å²) in [6, 6.07) is 11.9. The minimum atomic E-state index is -0.750. The number of hydrogen-bond donors (Lipinski definition) is 1. The molecule has 206 valence electrons. The minimum absolute atomic E-state index is 0.0902. The number of likely N-dealkylation sites (N-methyl/N-ethyl adjacent to an activating group) is 1. The van der Waals surface area contributed by atoms with E-state index in [1.54, 1.807) is 30.1 Å². The van der Waals surface area contributed by atoms with Gasteiger partial charge in [-0.15, -0.1) is 0 Å². The van der Waals surface area contributed by atoms with Crippen molar-refractivity contribution in [3.05, 3.63) is 76.1 Å². The molecule has 0 spiro atoms. The smallest absolute Gasteiger partial charge is 0.408 e. The number of aromatic nitrogens is 2. The van der Waals surface area contributed by atoms with Gasteiger partial charge in [0.05, 0.1) is 21.6 Å². The fourth-order valence-corrected chi connectivity index (χ4v) is 4.97. The highest BCUT2D eigenvalue weighted by atomic mass is 16.6. The van der Waals surface area contributed by atoms with Crippen LogP contribution in [0.3, 0.4) is 0 Å². The number of carbonyl (C=O) groups is 3. The Morgan fingerprint density at radius 1 is 0.950 bits per heavy atom. The summed E-state index contributed by atoms with van der Waals surface area (Å²) in [5.41, 5.74) is 2.63. The van der Waals surface area contributed by atoms with Crippen molar-refractivity contribution in [1.29, 1.82) is 0 Å². The van der Waals surface area contributed by atoms with Gasteiger partial charge in [-0.3, -0.25) is 19.7 Å². The summed E-state index contributed by atoms with van der Waals surface area (Å²) in [6.07, 6.45) is 2.72. The molecule has 0 fully saturated rings. The molecule has 3 heterocycles. The first-order valence-corrected chi connectivity index (χ1v) is 12.5. The molecule has 0 aliphatic carbocycles. The summed E-state index contributed by atoms with van der Waals surface area (Å²) in [7, 11) is 7.29. The number of non-ortho nitro benzene ring substituents is 1. The standard InChI is InChI=1S/C28H28N6O6/c1-30(2)12-11-29-28(37)40-16-33-26(35)24(20-14-31(3)22-8-6-5-7-18(20)22)25(27(33)36)21-15-32(4)23-13-17(34(38)39)9-10-19(21)23/h5-10,13-15H,11-12,16H2,1-4H3,(H,29,37). The number of fused-ring (bicyclic) bond motifs is 2. The van der Waals surface area contributed by atoms with Crippen LogP contribution in [0.15, 0.2) is 54.9 Å². The largest absolute Gasteiger partial charge is 0.428 e. The van der Waals surface area contributed by atoms with Crippen molar-refractivity contribution in [3.63, 3.8) is 0 Å². The van der Waals surface area contributed by atoms with Crippen molar-refractivity contribution in [3.8, 4) is 0 Å². The maximum Gasteiger partial charge on any atom is 0.408 e. The molecule has 0 radical (unpaired) electrons.